The third-order valence-corrected chi connectivity index (χ3v) is 2.46. The zero-order valence-electron chi connectivity index (χ0n) is 9.66. The van der Waals surface area contributed by atoms with E-state index < -0.39 is 0 Å². The van der Waals surface area contributed by atoms with Gasteiger partial charge in [0, 0.05) is 13.0 Å². The Morgan fingerprint density at radius 3 is 2.69 bits per heavy atom. The number of hydrogen-bond donors (Lipinski definition) is 1. The van der Waals surface area contributed by atoms with Gasteiger partial charge in [-0.3, -0.25) is 4.79 Å². The van der Waals surface area contributed by atoms with Crippen LogP contribution in [-0.2, 0) is 14.3 Å². The Kier molecular flexibility index (Phi) is 5.67. The van der Waals surface area contributed by atoms with Crippen LogP contribution in [0.5, 0.6) is 0 Å². The summed E-state index contributed by atoms with van der Waals surface area (Å²) >= 11 is 0. The van der Waals surface area contributed by atoms with Crippen molar-refractivity contribution in [1.82, 2.24) is 5.32 Å². The van der Waals surface area contributed by atoms with Gasteiger partial charge in [-0.1, -0.05) is 0 Å². The summed E-state index contributed by atoms with van der Waals surface area (Å²) in [7, 11) is 0. The molecule has 0 aromatic rings. The fraction of sp³-hybridized carbons (Fsp3) is 0.818. The molecule has 1 aliphatic rings. The van der Waals surface area contributed by atoms with Crippen LogP contribution in [-0.4, -0.2) is 31.3 Å². The predicted molar refractivity (Wildman–Crippen MR) is 58.0 cm³/mol. The minimum absolute atomic E-state index is 0.102. The molecule has 5 heteroatoms. The van der Waals surface area contributed by atoms with Gasteiger partial charge in [-0.05, 0) is 32.6 Å². The van der Waals surface area contributed by atoms with Gasteiger partial charge >= 0.3 is 12.1 Å². The summed E-state index contributed by atoms with van der Waals surface area (Å²) < 4.78 is 9.83. The van der Waals surface area contributed by atoms with Gasteiger partial charge in [0.2, 0.25) is 0 Å². The number of carbonyl (C=O) groups is 2. The fourth-order valence-electron chi connectivity index (χ4n) is 1.34. The van der Waals surface area contributed by atoms with Crippen molar-refractivity contribution in [3.05, 3.63) is 0 Å². The molecule has 5 nitrogen and oxygen atoms in total. The zero-order valence-corrected chi connectivity index (χ0v) is 9.66. The van der Waals surface area contributed by atoms with E-state index >= 15 is 0 Å². The second-order valence-corrected chi connectivity index (χ2v) is 3.79. The van der Waals surface area contributed by atoms with Crippen molar-refractivity contribution < 1.29 is 19.1 Å². The highest BCUT2D eigenvalue weighted by atomic mass is 16.6. The fourth-order valence-corrected chi connectivity index (χ4v) is 1.34. The Bertz CT molecular complexity index is 238. The number of carbonyl (C=O) groups excluding carboxylic acids is 2. The highest BCUT2D eigenvalue weighted by Gasteiger charge is 2.21. The van der Waals surface area contributed by atoms with Crippen molar-refractivity contribution >= 4 is 12.1 Å². The first-order chi connectivity index (χ1) is 7.72. The minimum Gasteiger partial charge on any atom is -0.466 e. The third kappa shape index (κ3) is 5.00. The van der Waals surface area contributed by atoms with Crippen LogP contribution in [0.2, 0.25) is 0 Å². The summed E-state index contributed by atoms with van der Waals surface area (Å²) in [6.45, 7) is 2.62. The topological polar surface area (TPSA) is 64.6 Å². The molecule has 0 spiro atoms. The molecular formula is C11H19NO4. The summed E-state index contributed by atoms with van der Waals surface area (Å²) in [6, 6.07) is 0. The molecule has 1 rings (SSSR count). The van der Waals surface area contributed by atoms with Gasteiger partial charge in [0.05, 0.1) is 6.61 Å². The maximum Gasteiger partial charge on any atom is 0.407 e. The number of rotatable bonds is 6. The molecule has 0 heterocycles. The second-order valence-electron chi connectivity index (χ2n) is 3.79. The molecule has 0 aromatic carbocycles. The summed E-state index contributed by atoms with van der Waals surface area (Å²) in [5, 5.41) is 2.61. The standard InChI is InChI=1S/C11H19NO4/c1-2-15-10(13)7-4-8-12-11(14)16-9-5-3-6-9/h9H,2-8H2,1H3,(H,12,14). The van der Waals surface area contributed by atoms with Crippen molar-refractivity contribution in [3.8, 4) is 0 Å². The minimum atomic E-state index is -0.381. The lowest BCUT2D eigenvalue weighted by Gasteiger charge is -2.25. The molecule has 1 aliphatic carbocycles. The van der Waals surface area contributed by atoms with E-state index in [0.717, 1.165) is 19.3 Å². The predicted octanol–water partition coefficient (Wildman–Crippen LogP) is 1.61. The molecule has 0 atom stereocenters. The van der Waals surface area contributed by atoms with Crippen molar-refractivity contribution in [2.45, 2.75) is 45.1 Å². The van der Waals surface area contributed by atoms with E-state index in [1.807, 2.05) is 0 Å². The van der Waals surface area contributed by atoms with E-state index in [1.165, 1.54) is 0 Å². The van der Waals surface area contributed by atoms with Crippen LogP contribution in [0.25, 0.3) is 0 Å². The average molecular weight is 229 g/mol. The summed E-state index contributed by atoms with van der Waals surface area (Å²) in [5.41, 5.74) is 0. The molecule has 0 unspecified atom stereocenters. The Balaban J connectivity index is 1.93. The molecule has 1 amide bonds. The molecule has 0 bridgehead atoms. The van der Waals surface area contributed by atoms with E-state index in [-0.39, 0.29) is 18.2 Å². The maximum atomic E-state index is 11.2. The van der Waals surface area contributed by atoms with Crippen molar-refractivity contribution in [1.29, 1.82) is 0 Å². The Morgan fingerprint density at radius 1 is 1.38 bits per heavy atom. The first kappa shape index (κ1) is 12.8. The molecular weight excluding hydrogens is 210 g/mol. The van der Waals surface area contributed by atoms with Crippen LogP contribution in [0.15, 0.2) is 0 Å². The Labute approximate surface area is 95.5 Å². The molecule has 92 valence electrons. The average Bonchev–Trinajstić information content (AvgIpc) is 2.19. The van der Waals surface area contributed by atoms with E-state index in [4.69, 9.17) is 9.47 Å². The van der Waals surface area contributed by atoms with Crippen LogP contribution in [0.1, 0.15) is 39.0 Å². The van der Waals surface area contributed by atoms with Crippen molar-refractivity contribution in [3.63, 3.8) is 0 Å². The lowest BCUT2D eigenvalue weighted by Crippen LogP contribution is -2.33. The number of nitrogens with one attached hydrogen (secondary N) is 1. The highest BCUT2D eigenvalue weighted by molar-refractivity contribution is 5.69. The molecule has 1 fully saturated rings. The Hall–Kier alpha value is -1.26. The van der Waals surface area contributed by atoms with Crippen LogP contribution in [0, 0.1) is 0 Å². The normalized spacial score (nSPS) is 15.1. The third-order valence-electron chi connectivity index (χ3n) is 2.46. The Morgan fingerprint density at radius 2 is 2.12 bits per heavy atom. The van der Waals surface area contributed by atoms with Crippen LogP contribution >= 0.6 is 0 Å². The highest BCUT2D eigenvalue weighted by Crippen LogP contribution is 2.21. The van der Waals surface area contributed by atoms with Gasteiger partial charge in [0.25, 0.3) is 0 Å². The quantitative estimate of drug-likeness (QED) is 0.555. The number of esters is 1. The van der Waals surface area contributed by atoms with E-state index in [1.54, 1.807) is 6.92 Å². The first-order valence-corrected chi connectivity index (χ1v) is 5.82. The zero-order chi connectivity index (χ0) is 11.8. The lowest BCUT2D eigenvalue weighted by molar-refractivity contribution is -0.143. The van der Waals surface area contributed by atoms with Crippen LogP contribution < -0.4 is 5.32 Å². The lowest BCUT2D eigenvalue weighted by atomic mass is 9.96. The number of hydrogen-bond acceptors (Lipinski definition) is 4. The molecule has 16 heavy (non-hydrogen) atoms. The first-order valence-electron chi connectivity index (χ1n) is 5.82. The number of alkyl carbamates (subject to hydrolysis) is 1. The van der Waals surface area contributed by atoms with Gasteiger partial charge in [-0.2, -0.15) is 0 Å². The van der Waals surface area contributed by atoms with Gasteiger partial charge in [0.1, 0.15) is 6.10 Å². The van der Waals surface area contributed by atoms with Crippen molar-refractivity contribution in [2.24, 2.45) is 0 Å². The summed E-state index contributed by atoms with van der Waals surface area (Å²) in [6.07, 6.45) is 3.71. The van der Waals surface area contributed by atoms with E-state index in [2.05, 4.69) is 5.32 Å². The maximum absolute atomic E-state index is 11.2. The van der Waals surface area contributed by atoms with Crippen LogP contribution in [0.3, 0.4) is 0 Å². The van der Waals surface area contributed by atoms with Gasteiger partial charge in [0.15, 0.2) is 0 Å². The molecule has 1 N–H and O–H groups in total. The SMILES string of the molecule is CCOC(=O)CCCNC(=O)OC1CCC1. The molecule has 0 radical (unpaired) electrons. The van der Waals surface area contributed by atoms with Crippen LogP contribution in [0.4, 0.5) is 4.79 Å². The van der Waals surface area contributed by atoms with E-state index in [9.17, 15) is 9.59 Å². The monoisotopic (exact) mass is 229 g/mol. The van der Waals surface area contributed by atoms with Gasteiger partial charge in [-0.25, -0.2) is 4.79 Å². The second kappa shape index (κ2) is 7.09. The molecule has 0 saturated heterocycles. The molecule has 1 saturated carbocycles. The number of amides is 1. The van der Waals surface area contributed by atoms with E-state index in [0.29, 0.717) is 26.0 Å². The van der Waals surface area contributed by atoms with Gasteiger partial charge in [-0.15, -0.1) is 0 Å². The largest absolute Gasteiger partial charge is 0.466 e. The summed E-state index contributed by atoms with van der Waals surface area (Å²) in [5.74, 6) is -0.225. The molecule has 0 aliphatic heterocycles. The van der Waals surface area contributed by atoms with Crippen molar-refractivity contribution in [2.75, 3.05) is 13.2 Å². The molecule has 0 aromatic heterocycles. The summed E-state index contributed by atoms with van der Waals surface area (Å²) in [4.78, 5) is 22.1. The number of ether oxygens (including phenoxy) is 2. The van der Waals surface area contributed by atoms with Gasteiger partial charge < -0.3 is 14.8 Å². The smallest absolute Gasteiger partial charge is 0.407 e.